The van der Waals surface area contributed by atoms with Crippen LogP contribution in [0.5, 0.6) is 0 Å². The minimum Gasteiger partial charge on any atom is -0.376 e. The quantitative estimate of drug-likeness (QED) is 0.765. The van der Waals surface area contributed by atoms with E-state index in [2.05, 4.69) is 29.6 Å². The Bertz CT molecular complexity index is 333. The second kappa shape index (κ2) is 4.62. The van der Waals surface area contributed by atoms with E-state index in [-0.39, 0.29) is 6.04 Å². The van der Waals surface area contributed by atoms with E-state index in [1.54, 1.807) is 0 Å². The van der Waals surface area contributed by atoms with E-state index in [1.807, 2.05) is 6.07 Å². The first-order valence-electron chi connectivity index (χ1n) is 5.36. The summed E-state index contributed by atoms with van der Waals surface area (Å²) in [6, 6.07) is 10.7. The molecule has 0 spiro atoms. The van der Waals surface area contributed by atoms with Crippen LogP contribution in [0.1, 0.15) is 30.9 Å². The van der Waals surface area contributed by atoms with E-state index in [4.69, 9.17) is 18.0 Å². The Hall–Kier alpha value is -1.09. The highest BCUT2D eigenvalue weighted by Gasteiger charge is 2.26. The zero-order valence-electron chi connectivity index (χ0n) is 8.65. The van der Waals surface area contributed by atoms with Crippen LogP contribution < -0.4 is 11.1 Å². The van der Waals surface area contributed by atoms with Gasteiger partial charge in [-0.15, -0.1) is 0 Å². The van der Waals surface area contributed by atoms with E-state index in [1.165, 1.54) is 18.4 Å². The molecule has 3 heteroatoms. The van der Waals surface area contributed by atoms with Gasteiger partial charge in [-0.1, -0.05) is 43.2 Å². The standard InChI is InChI=1S/C12H16N2S/c13-12(15)14-11(8-9-6-7-9)10-4-2-1-3-5-10/h1-5,9,11H,6-8H2,(H3,13,14,15)/t11-/m0/s1. The van der Waals surface area contributed by atoms with Gasteiger partial charge in [0, 0.05) is 0 Å². The molecule has 80 valence electrons. The maximum absolute atomic E-state index is 5.55. The molecule has 0 radical (unpaired) electrons. The number of hydrogen-bond acceptors (Lipinski definition) is 1. The van der Waals surface area contributed by atoms with Gasteiger partial charge >= 0.3 is 0 Å². The van der Waals surface area contributed by atoms with Gasteiger partial charge in [-0.3, -0.25) is 0 Å². The summed E-state index contributed by atoms with van der Waals surface area (Å²) in [6.07, 6.45) is 3.84. The third kappa shape index (κ3) is 3.20. The number of rotatable bonds is 4. The Morgan fingerprint density at radius 2 is 2.07 bits per heavy atom. The highest BCUT2D eigenvalue weighted by atomic mass is 32.1. The number of nitrogens with one attached hydrogen (secondary N) is 1. The third-order valence-electron chi connectivity index (χ3n) is 2.78. The molecule has 0 bridgehead atoms. The van der Waals surface area contributed by atoms with Crippen LogP contribution in [0.2, 0.25) is 0 Å². The van der Waals surface area contributed by atoms with Crippen LogP contribution in [0.4, 0.5) is 0 Å². The maximum Gasteiger partial charge on any atom is 0.164 e. The molecule has 0 aliphatic heterocycles. The molecule has 1 saturated carbocycles. The first-order chi connectivity index (χ1) is 7.25. The molecular formula is C12H16N2S. The Kier molecular flexibility index (Phi) is 3.21. The summed E-state index contributed by atoms with van der Waals surface area (Å²) in [5.74, 6) is 0.858. The topological polar surface area (TPSA) is 38.0 Å². The average molecular weight is 220 g/mol. The predicted molar refractivity (Wildman–Crippen MR) is 66.4 cm³/mol. The van der Waals surface area contributed by atoms with Gasteiger partial charge in [-0.2, -0.15) is 0 Å². The van der Waals surface area contributed by atoms with E-state index >= 15 is 0 Å². The molecule has 1 aliphatic rings. The maximum atomic E-state index is 5.55. The lowest BCUT2D eigenvalue weighted by Crippen LogP contribution is -2.33. The minimum absolute atomic E-state index is 0.288. The third-order valence-corrected chi connectivity index (χ3v) is 2.90. The van der Waals surface area contributed by atoms with Crippen molar-refractivity contribution in [2.75, 3.05) is 0 Å². The van der Waals surface area contributed by atoms with Crippen LogP contribution in [0.25, 0.3) is 0 Å². The zero-order chi connectivity index (χ0) is 10.7. The molecule has 1 fully saturated rings. The summed E-state index contributed by atoms with van der Waals surface area (Å²) >= 11 is 4.91. The molecule has 15 heavy (non-hydrogen) atoms. The fourth-order valence-electron chi connectivity index (χ4n) is 1.82. The van der Waals surface area contributed by atoms with E-state index in [9.17, 15) is 0 Å². The monoisotopic (exact) mass is 220 g/mol. The fourth-order valence-corrected chi connectivity index (χ4v) is 1.96. The molecule has 1 atom stereocenters. The Labute approximate surface area is 95.9 Å². The van der Waals surface area contributed by atoms with Crippen molar-refractivity contribution in [3.8, 4) is 0 Å². The van der Waals surface area contributed by atoms with Gasteiger partial charge in [-0.05, 0) is 30.1 Å². The molecule has 0 heterocycles. The summed E-state index contributed by atoms with van der Waals surface area (Å²) < 4.78 is 0. The van der Waals surface area contributed by atoms with Crippen LogP contribution in [-0.4, -0.2) is 5.11 Å². The van der Waals surface area contributed by atoms with Crippen LogP contribution in [0.3, 0.4) is 0 Å². The van der Waals surface area contributed by atoms with Gasteiger partial charge in [-0.25, -0.2) is 0 Å². The van der Waals surface area contributed by atoms with Crippen LogP contribution in [0.15, 0.2) is 30.3 Å². The van der Waals surface area contributed by atoms with Crippen LogP contribution >= 0.6 is 12.2 Å². The Balaban J connectivity index is 2.06. The largest absolute Gasteiger partial charge is 0.376 e. The van der Waals surface area contributed by atoms with E-state index in [0.29, 0.717) is 5.11 Å². The molecule has 0 amide bonds. The zero-order valence-corrected chi connectivity index (χ0v) is 9.46. The molecule has 2 rings (SSSR count). The molecule has 1 aromatic carbocycles. The molecule has 1 aromatic rings. The lowest BCUT2D eigenvalue weighted by atomic mass is 10.0. The Morgan fingerprint density at radius 1 is 1.40 bits per heavy atom. The van der Waals surface area contributed by atoms with Gasteiger partial charge in [0.15, 0.2) is 5.11 Å². The van der Waals surface area contributed by atoms with Gasteiger partial charge in [0.05, 0.1) is 6.04 Å². The molecule has 0 unspecified atom stereocenters. The SMILES string of the molecule is NC(=S)N[C@@H](CC1CC1)c1ccccc1. The second-order valence-corrected chi connectivity index (χ2v) is 4.59. The number of benzene rings is 1. The van der Waals surface area contributed by atoms with Gasteiger partial charge in [0.1, 0.15) is 0 Å². The molecule has 3 N–H and O–H groups in total. The van der Waals surface area contributed by atoms with Crippen molar-refractivity contribution in [2.24, 2.45) is 11.7 Å². The van der Waals surface area contributed by atoms with Crippen molar-refractivity contribution < 1.29 is 0 Å². The lowest BCUT2D eigenvalue weighted by molar-refractivity contribution is 0.550. The molecule has 0 saturated heterocycles. The van der Waals surface area contributed by atoms with E-state index < -0.39 is 0 Å². The predicted octanol–water partition coefficient (Wildman–Crippen LogP) is 2.36. The highest BCUT2D eigenvalue weighted by molar-refractivity contribution is 7.80. The molecule has 2 nitrogen and oxygen atoms in total. The van der Waals surface area contributed by atoms with Gasteiger partial charge < -0.3 is 11.1 Å². The summed E-state index contributed by atoms with van der Waals surface area (Å²) in [5, 5.41) is 3.57. The van der Waals surface area contributed by atoms with Crippen molar-refractivity contribution >= 4 is 17.3 Å². The van der Waals surface area contributed by atoms with Gasteiger partial charge in [0.2, 0.25) is 0 Å². The number of nitrogens with two attached hydrogens (primary N) is 1. The normalized spacial score (nSPS) is 17.1. The van der Waals surface area contributed by atoms with Crippen molar-refractivity contribution in [2.45, 2.75) is 25.3 Å². The second-order valence-electron chi connectivity index (χ2n) is 4.15. The smallest absolute Gasteiger partial charge is 0.164 e. The molecular weight excluding hydrogens is 204 g/mol. The molecule has 0 aromatic heterocycles. The van der Waals surface area contributed by atoms with Crippen molar-refractivity contribution in [3.63, 3.8) is 0 Å². The van der Waals surface area contributed by atoms with Crippen molar-refractivity contribution in [3.05, 3.63) is 35.9 Å². The van der Waals surface area contributed by atoms with Crippen LogP contribution in [0, 0.1) is 5.92 Å². The average Bonchev–Trinajstić information content (AvgIpc) is 3.01. The summed E-state index contributed by atoms with van der Waals surface area (Å²) in [4.78, 5) is 0. The number of hydrogen-bond donors (Lipinski definition) is 2. The fraction of sp³-hybridized carbons (Fsp3) is 0.417. The van der Waals surface area contributed by atoms with Crippen molar-refractivity contribution in [1.29, 1.82) is 0 Å². The highest BCUT2D eigenvalue weighted by Crippen LogP contribution is 2.37. The summed E-state index contributed by atoms with van der Waals surface area (Å²) in [6.45, 7) is 0. The van der Waals surface area contributed by atoms with Crippen LogP contribution in [-0.2, 0) is 0 Å². The van der Waals surface area contributed by atoms with Gasteiger partial charge in [0.25, 0.3) is 0 Å². The Morgan fingerprint density at radius 3 is 2.60 bits per heavy atom. The number of thiocarbonyl (C=S) groups is 1. The summed E-state index contributed by atoms with van der Waals surface area (Å²) in [5.41, 5.74) is 6.82. The summed E-state index contributed by atoms with van der Waals surface area (Å²) in [7, 11) is 0. The van der Waals surface area contributed by atoms with E-state index in [0.717, 1.165) is 12.3 Å². The first kappa shape index (κ1) is 10.4. The lowest BCUT2D eigenvalue weighted by Gasteiger charge is -2.18. The minimum atomic E-state index is 0.288. The molecule has 1 aliphatic carbocycles. The first-order valence-corrected chi connectivity index (χ1v) is 5.77. The van der Waals surface area contributed by atoms with Crippen molar-refractivity contribution in [1.82, 2.24) is 5.32 Å².